The summed E-state index contributed by atoms with van der Waals surface area (Å²) >= 11 is 0. The van der Waals surface area contributed by atoms with E-state index >= 15 is 0 Å². The molecular weight excluding hydrogens is 301 g/mol. The van der Waals surface area contributed by atoms with E-state index in [1.54, 1.807) is 20.1 Å². The summed E-state index contributed by atoms with van der Waals surface area (Å²) in [7, 11) is 2.86. The minimum Gasteiger partial charge on any atom is -0.467 e. The third kappa shape index (κ3) is 4.07. The van der Waals surface area contributed by atoms with Crippen molar-refractivity contribution in [3.63, 3.8) is 0 Å². The highest BCUT2D eigenvalue weighted by molar-refractivity contribution is 5.85. The SMILES string of the molecule is COC(=O)[C@H]1C[C@H](OC)CN1C(=O)CCc1ccc(C)c(F)c1. The van der Waals surface area contributed by atoms with Gasteiger partial charge in [-0.1, -0.05) is 12.1 Å². The van der Waals surface area contributed by atoms with Crippen LogP contribution in [-0.2, 0) is 25.5 Å². The molecule has 126 valence electrons. The summed E-state index contributed by atoms with van der Waals surface area (Å²) in [4.78, 5) is 25.8. The molecule has 1 aliphatic heterocycles. The lowest BCUT2D eigenvalue weighted by atomic mass is 10.1. The van der Waals surface area contributed by atoms with Gasteiger partial charge >= 0.3 is 5.97 Å². The second-order valence-corrected chi connectivity index (χ2v) is 5.76. The fourth-order valence-corrected chi connectivity index (χ4v) is 2.79. The smallest absolute Gasteiger partial charge is 0.328 e. The number of rotatable bonds is 5. The Balaban J connectivity index is 2.00. The maximum Gasteiger partial charge on any atom is 0.328 e. The van der Waals surface area contributed by atoms with Crippen LogP contribution in [0.15, 0.2) is 18.2 Å². The summed E-state index contributed by atoms with van der Waals surface area (Å²) in [5.41, 5.74) is 1.34. The molecule has 2 atom stereocenters. The molecule has 0 aliphatic carbocycles. The van der Waals surface area contributed by atoms with Crippen LogP contribution in [-0.4, -0.2) is 49.7 Å². The van der Waals surface area contributed by atoms with Crippen LogP contribution in [0.5, 0.6) is 0 Å². The Morgan fingerprint density at radius 2 is 2.09 bits per heavy atom. The predicted molar refractivity (Wildman–Crippen MR) is 82.4 cm³/mol. The standard InChI is InChI=1S/C17H22FNO4/c1-11-4-5-12(8-14(11)18)6-7-16(20)19-10-13(22-2)9-15(19)17(21)23-3/h4-5,8,13,15H,6-7,9-10H2,1-3H3/t13-,15+/m0/s1. The van der Waals surface area contributed by atoms with E-state index in [2.05, 4.69) is 0 Å². The molecule has 1 saturated heterocycles. The first-order valence-electron chi connectivity index (χ1n) is 7.61. The molecule has 0 aromatic heterocycles. The lowest BCUT2D eigenvalue weighted by molar-refractivity contribution is -0.150. The van der Waals surface area contributed by atoms with Gasteiger partial charge in [-0.25, -0.2) is 9.18 Å². The van der Waals surface area contributed by atoms with Crippen LogP contribution in [0.3, 0.4) is 0 Å². The van der Waals surface area contributed by atoms with Gasteiger partial charge in [-0.05, 0) is 30.5 Å². The van der Waals surface area contributed by atoms with E-state index in [-0.39, 0.29) is 24.2 Å². The molecule has 1 aliphatic rings. The first kappa shape index (κ1) is 17.4. The maximum absolute atomic E-state index is 13.5. The Labute approximate surface area is 135 Å². The molecule has 1 amide bonds. The largest absolute Gasteiger partial charge is 0.467 e. The van der Waals surface area contributed by atoms with Crippen molar-refractivity contribution in [3.8, 4) is 0 Å². The summed E-state index contributed by atoms with van der Waals surface area (Å²) in [5.74, 6) is -0.858. The maximum atomic E-state index is 13.5. The molecule has 23 heavy (non-hydrogen) atoms. The molecule has 6 heteroatoms. The van der Waals surface area contributed by atoms with Crippen molar-refractivity contribution in [2.75, 3.05) is 20.8 Å². The van der Waals surface area contributed by atoms with Crippen LogP contribution < -0.4 is 0 Å². The van der Waals surface area contributed by atoms with E-state index in [1.807, 2.05) is 6.07 Å². The molecule has 0 bridgehead atoms. The Morgan fingerprint density at radius 1 is 1.35 bits per heavy atom. The van der Waals surface area contributed by atoms with E-state index in [9.17, 15) is 14.0 Å². The predicted octanol–water partition coefficient (Wildman–Crippen LogP) is 1.86. The van der Waals surface area contributed by atoms with Crippen LogP contribution in [0.25, 0.3) is 0 Å². The first-order chi connectivity index (χ1) is 11.0. The van der Waals surface area contributed by atoms with Crippen molar-refractivity contribution in [2.45, 2.75) is 38.3 Å². The summed E-state index contributed by atoms with van der Waals surface area (Å²) < 4.78 is 23.6. The van der Waals surface area contributed by atoms with Crippen LogP contribution in [0, 0.1) is 12.7 Å². The summed E-state index contributed by atoms with van der Waals surface area (Å²) in [6.07, 6.45) is 0.915. The van der Waals surface area contributed by atoms with Crippen molar-refractivity contribution in [1.82, 2.24) is 4.90 Å². The molecule has 0 N–H and O–H groups in total. The van der Waals surface area contributed by atoms with Crippen molar-refractivity contribution in [3.05, 3.63) is 35.1 Å². The number of hydrogen-bond acceptors (Lipinski definition) is 4. The van der Waals surface area contributed by atoms with Gasteiger partial charge in [-0.2, -0.15) is 0 Å². The number of carbonyl (C=O) groups excluding carboxylic acids is 2. The Hall–Kier alpha value is -1.95. The van der Waals surface area contributed by atoms with Crippen molar-refractivity contribution >= 4 is 11.9 Å². The number of nitrogens with zero attached hydrogens (tertiary/aromatic N) is 1. The van der Waals surface area contributed by atoms with Crippen molar-refractivity contribution in [1.29, 1.82) is 0 Å². The van der Waals surface area contributed by atoms with Gasteiger partial charge < -0.3 is 14.4 Å². The topological polar surface area (TPSA) is 55.8 Å². The zero-order valence-corrected chi connectivity index (χ0v) is 13.7. The Kier molecular flexibility index (Phi) is 5.71. The fraction of sp³-hybridized carbons (Fsp3) is 0.529. The van der Waals surface area contributed by atoms with Crippen molar-refractivity contribution < 1.29 is 23.5 Å². The summed E-state index contributed by atoms with van der Waals surface area (Å²) in [6.45, 7) is 2.07. The van der Waals surface area contributed by atoms with E-state index in [4.69, 9.17) is 9.47 Å². The van der Waals surface area contributed by atoms with Gasteiger partial charge in [-0.15, -0.1) is 0 Å². The van der Waals surface area contributed by atoms with Gasteiger partial charge in [0.25, 0.3) is 0 Å². The van der Waals surface area contributed by atoms with Crippen LogP contribution in [0.2, 0.25) is 0 Å². The highest BCUT2D eigenvalue weighted by Gasteiger charge is 2.40. The zero-order valence-electron chi connectivity index (χ0n) is 13.7. The molecule has 0 unspecified atom stereocenters. The van der Waals surface area contributed by atoms with E-state index in [0.29, 0.717) is 24.9 Å². The number of aryl methyl sites for hydroxylation is 2. The van der Waals surface area contributed by atoms with Gasteiger partial charge in [0, 0.05) is 26.5 Å². The fourth-order valence-electron chi connectivity index (χ4n) is 2.79. The highest BCUT2D eigenvalue weighted by atomic mass is 19.1. The lowest BCUT2D eigenvalue weighted by Crippen LogP contribution is -2.41. The quantitative estimate of drug-likeness (QED) is 0.776. The minimum absolute atomic E-state index is 0.152. The second kappa shape index (κ2) is 7.55. The van der Waals surface area contributed by atoms with Gasteiger partial charge in [0.2, 0.25) is 5.91 Å². The number of hydrogen-bond donors (Lipinski definition) is 0. The van der Waals surface area contributed by atoms with Crippen LogP contribution >= 0.6 is 0 Å². The normalized spacial score (nSPS) is 20.6. The molecule has 0 saturated carbocycles. The van der Waals surface area contributed by atoms with Gasteiger partial charge in [0.05, 0.1) is 13.2 Å². The average Bonchev–Trinajstić information content (AvgIpc) is 2.99. The lowest BCUT2D eigenvalue weighted by Gasteiger charge is -2.22. The minimum atomic E-state index is -0.604. The molecule has 5 nitrogen and oxygen atoms in total. The zero-order chi connectivity index (χ0) is 17.0. The Bertz CT molecular complexity index is 590. The number of benzene rings is 1. The Morgan fingerprint density at radius 3 is 2.70 bits per heavy atom. The van der Waals surface area contributed by atoms with Crippen LogP contribution in [0.1, 0.15) is 24.0 Å². The molecule has 0 radical (unpaired) electrons. The number of halogens is 1. The van der Waals surface area contributed by atoms with Gasteiger partial charge in [0.15, 0.2) is 0 Å². The summed E-state index contributed by atoms with van der Waals surface area (Å²) in [5, 5.41) is 0. The number of ether oxygens (including phenoxy) is 2. The number of esters is 1. The number of likely N-dealkylation sites (tertiary alicyclic amines) is 1. The highest BCUT2D eigenvalue weighted by Crippen LogP contribution is 2.22. The van der Waals surface area contributed by atoms with E-state index in [0.717, 1.165) is 5.56 Å². The molecule has 1 aromatic rings. The molecule has 1 heterocycles. The van der Waals surface area contributed by atoms with E-state index in [1.165, 1.54) is 18.1 Å². The number of carbonyl (C=O) groups is 2. The number of methoxy groups -OCH3 is 2. The molecule has 0 spiro atoms. The summed E-state index contributed by atoms with van der Waals surface area (Å²) in [6, 6.07) is 4.35. The third-order valence-corrected chi connectivity index (χ3v) is 4.25. The number of amides is 1. The first-order valence-corrected chi connectivity index (χ1v) is 7.61. The van der Waals surface area contributed by atoms with Crippen molar-refractivity contribution in [2.24, 2.45) is 0 Å². The second-order valence-electron chi connectivity index (χ2n) is 5.76. The third-order valence-electron chi connectivity index (χ3n) is 4.25. The molecule has 2 rings (SSSR count). The van der Waals surface area contributed by atoms with Gasteiger partial charge in [-0.3, -0.25) is 4.79 Å². The average molecular weight is 323 g/mol. The monoisotopic (exact) mass is 323 g/mol. The molecule has 1 fully saturated rings. The van der Waals surface area contributed by atoms with E-state index < -0.39 is 12.0 Å². The van der Waals surface area contributed by atoms with Gasteiger partial charge in [0.1, 0.15) is 11.9 Å². The molecule has 1 aromatic carbocycles. The van der Waals surface area contributed by atoms with Crippen LogP contribution in [0.4, 0.5) is 4.39 Å². The molecular formula is C17H22FNO4.